The summed E-state index contributed by atoms with van der Waals surface area (Å²) in [6.45, 7) is 0. The van der Waals surface area contributed by atoms with E-state index in [1.165, 1.54) is 16.6 Å². The van der Waals surface area contributed by atoms with Gasteiger partial charge in [-0.2, -0.15) is 24.4 Å². The van der Waals surface area contributed by atoms with E-state index in [0.29, 0.717) is 0 Å². The lowest BCUT2D eigenvalue weighted by Gasteiger charge is -2.03. The molecule has 0 spiro atoms. The molecule has 1 atom stereocenters. The van der Waals surface area contributed by atoms with Crippen LogP contribution >= 0.6 is 47.9 Å². The van der Waals surface area contributed by atoms with Crippen LogP contribution in [0.25, 0.3) is 0 Å². The predicted molar refractivity (Wildman–Crippen MR) is 55.0 cm³/mol. The molecule has 0 bridgehead atoms. The largest absolute Gasteiger partial charge is 0.168 e. The van der Waals surface area contributed by atoms with Crippen LogP contribution in [0.2, 0.25) is 0 Å². The van der Waals surface area contributed by atoms with Gasteiger partial charge < -0.3 is 0 Å². The Kier molecular flexibility index (Phi) is 4.82. The Morgan fingerprint density at radius 2 is 2.56 bits per heavy atom. The second kappa shape index (κ2) is 5.10. The molecular formula is C5H10S4. The van der Waals surface area contributed by atoms with Crippen LogP contribution in [0.5, 0.6) is 0 Å². The zero-order valence-electron chi connectivity index (χ0n) is 5.08. The van der Waals surface area contributed by atoms with Crippen LogP contribution in [-0.2, 0) is 0 Å². The molecule has 9 heavy (non-hydrogen) atoms. The van der Waals surface area contributed by atoms with Crippen LogP contribution in [0.3, 0.4) is 0 Å². The van der Waals surface area contributed by atoms with E-state index >= 15 is 0 Å². The van der Waals surface area contributed by atoms with Crippen molar-refractivity contribution in [2.45, 2.75) is 5.25 Å². The highest BCUT2D eigenvalue weighted by Gasteiger charge is 2.14. The lowest BCUT2D eigenvalue weighted by Crippen LogP contribution is -2.03. The first-order valence-corrected chi connectivity index (χ1v) is 6.80. The first-order chi connectivity index (χ1) is 4.43. The summed E-state index contributed by atoms with van der Waals surface area (Å²) in [5.74, 6) is 2.65. The molecule has 1 aliphatic rings. The van der Waals surface area contributed by atoms with Gasteiger partial charge >= 0.3 is 0 Å². The van der Waals surface area contributed by atoms with E-state index in [4.69, 9.17) is 0 Å². The first kappa shape index (κ1) is 8.50. The van der Waals surface area contributed by atoms with Crippen LogP contribution in [0.4, 0.5) is 0 Å². The van der Waals surface area contributed by atoms with Gasteiger partial charge in [0.2, 0.25) is 0 Å². The average Bonchev–Trinajstić information content (AvgIpc) is 2.34. The maximum atomic E-state index is 4.14. The van der Waals surface area contributed by atoms with Gasteiger partial charge in [0.1, 0.15) is 0 Å². The van der Waals surface area contributed by atoms with Crippen molar-refractivity contribution in [2.24, 2.45) is 0 Å². The third-order valence-corrected chi connectivity index (χ3v) is 5.53. The molecule has 54 valence electrons. The third kappa shape index (κ3) is 3.35. The van der Waals surface area contributed by atoms with Gasteiger partial charge in [0.05, 0.1) is 0 Å². The third-order valence-electron chi connectivity index (χ3n) is 1.09. The molecule has 0 aromatic heterocycles. The molecule has 0 amide bonds. The van der Waals surface area contributed by atoms with Gasteiger partial charge in [-0.3, -0.25) is 0 Å². The second-order valence-electron chi connectivity index (χ2n) is 1.78. The van der Waals surface area contributed by atoms with Crippen LogP contribution < -0.4 is 0 Å². The van der Waals surface area contributed by atoms with Crippen molar-refractivity contribution in [1.82, 2.24) is 0 Å². The fraction of sp³-hybridized carbons (Fsp3) is 1.00. The zero-order valence-corrected chi connectivity index (χ0v) is 8.42. The highest BCUT2D eigenvalue weighted by atomic mass is 32.2. The maximum absolute atomic E-state index is 4.14. The van der Waals surface area contributed by atoms with E-state index in [2.05, 4.69) is 36.2 Å². The van der Waals surface area contributed by atoms with Crippen molar-refractivity contribution < 1.29 is 0 Å². The SMILES string of the molecule is SCSCC1CSCS1. The smallest absolute Gasteiger partial charge is 0.0395 e. The van der Waals surface area contributed by atoms with Crippen molar-refractivity contribution in [1.29, 1.82) is 0 Å². The standard InChI is InChI=1S/C5H10S4/c6-3-7-1-5-2-8-4-9-5/h5-6H,1-4H2. The zero-order chi connectivity index (χ0) is 6.53. The fourth-order valence-electron chi connectivity index (χ4n) is 0.652. The molecular weight excluding hydrogens is 188 g/mol. The van der Waals surface area contributed by atoms with E-state index in [1.54, 1.807) is 0 Å². The van der Waals surface area contributed by atoms with Gasteiger partial charge in [-0.1, -0.05) is 0 Å². The van der Waals surface area contributed by atoms with Gasteiger partial charge in [-0.05, 0) is 0 Å². The van der Waals surface area contributed by atoms with Gasteiger partial charge in [-0.15, -0.1) is 23.5 Å². The quantitative estimate of drug-likeness (QED) is 0.547. The molecule has 1 unspecified atom stereocenters. The summed E-state index contributed by atoms with van der Waals surface area (Å²) >= 11 is 10.2. The number of hydrogen-bond donors (Lipinski definition) is 1. The Labute approximate surface area is 74.7 Å². The number of rotatable bonds is 3. The highest BCUT2D eigenvalue weighted by Crippen LogP contribution is 2.31. The van der Waals surface area contributed by atoms with Crippen molar-refractivity contribution in [2.75, 3.05) is 21.7 Å². The van der Waals surface area contributed by atoms with Crippen LogP contribution in [-0.4, -0.2) is 26.9 Å². The Bertz CT molecular complexity index is 69.4. The summed E-state index contributed by atoms with van der Waals surface area (Å²) in [5.41, 5.74) is 0. The molecule has 0 saturated carbocycles. The van der Waals surface area contributed by atoms with Gasteiger partial charge in [0.15, 0.2) is 0 Å². The van der Waals surface area contributed by atoms with E-state index < -0.39 is 0 Å². The first-order valence-electron chi connectivity index (χ1n) is 2.81. The van der Waals surface area contributed by atoms with Crippen molar-refractivity contribution in [3.63, 3.8) is 0 Å². The van der Waals surface area contributed by atoms with Crippen molar-refractivity contribution in [3.05, 3.63) is 0 Å². The van der Waals surface area contributed by atoms with Crippen LogP contribution in [0.1, 0.15) is 0 Å². The molecule has 1 aliphatic heterocycles. The van der Waals surface area contributed by atoms with Crippen molar-refractivity contribution >= 4 is 47.9 Å². The Morgan fingerprint density at radius 1 is 1.67 bits per heavy atom. The summed E-state index contributed by atoms with van der Waals surface area (Å²) in [6, 6.07) is 0. The molecule has 1 rings (SSSR count). The average molecular weight is 198 g/mol. The lowest BCUT2D eigenvalue weighted by molar-refractivity contribution is 1.17. The topological polar surface area (TPSA) is 0 Å². The van der Waals surface area contributed by atoms with E-state index in [0.717, 1.165) is 10.3 Å². The lowest BCUT2D eigenvalue weighted by atomic mass is 10.6. The Hall–Kier alpha value is 1.40. The molecule has 4 heteroatoms. The molecule has 0 N–H and O–H groups in total. The molecule has 0 radical (unpaired) electrons. The maximum Gasteiger partial charge on any atom is 0.0395 e. The van der Waals surface area contributed by atoms with E-state index in [9.17, 15) is 0 Å². The molecule has 0 nitrogen and oxygen atoms in total. The van der Waals surface area contributed by atoms with Gasteiger partial charge in [0, 0.05) is 26.9 Å². The monoisotopic (exact) mass is 198 g/mol. The molecule has 1 heterocycles. The molecule has 0 aromatic rings. The molecule has 0 aliphatic carbocycles. The van der Waals surface area contributed by atoms with Crippen LogP contribution in [0.15, 0.2) is 0 Å². The number of hydrogen-bond acceptors (Lipinski definition) is 4. The summed E-state index contributed by atoms with van der Waals surface area (Å²) in [6.07, 6.45) is 0. The number of thiol groups is 1. The highest BCUT2D eigenvalue weighted by molar-refractivity contribution is 8.20. The molecule has 0 aromatic carbocycles. The molecule has 1 saturated heterocycles. The summed E-state index contributed by atoms with van der Waals surface area (Å²) in [7, 11) is 0. The van der Waals surface area contributed by atoms with E-state index in [1.807, 2.05) is 11.8 Å². The van der Waals surface area contributed by atoms with E-state index in [-0.39, 0.29) is 0 Å². The van der Waals surface area contributed by atoms with Crippen LogP contribution in [0, 0.1) is 0 Å². The van der Waals surface area contributed by atoms with Gasteiger partial charge in [0.25, 0.3) is 0 Å². The minimum Gasteiger partial charge on any atom is -0.168 e. The van der Waals surface area contributed by atoms with Crippen molar-refractivity contribution in [3.8, 4) is 0 Å². The van der Waals surface area contributed by atoms with Gasteiger partial charge in [-0.25, -0.2) is 0 Å². The number of thioether (sulfide) groups is 3. The minimum atomic E-state index is 0.909. The Balaban J connectivity index is 1.98. The summed E-state index contributed by atoms with van der Waals surface area (Å²) in [5, 5.41) is 3.19. The summed E-state index contributed by atoms with van der Waals surface area (Å²) < 4.78 is 0. The normalized spacial score (nSPS) is 27.0. The predicted octanol–water partition coefficient (Wildman–Crippen LogP) is 2.41. The second-order valence-corrected chi connectivity index (χ2v) is 6.24. The Morgan fingerprint density at radius 3 is 3.11 bits per heavy atom. The summed E-state index contributed by atoms with van der Waals surface area (Å²) in [4.78, 5) is 0. The minimum absolute atomic E-state index is 0.909. The molecule has 1 fully saturated rings. The fourth-order valence-corrected chi connectivity index (χ4v) is 4.87.